The molecule has 2 N–H and O–H groups in total. The van der Waals surface area contributed by atoms with E-state index in [2.05, 4.69) is 15.5 Å². The molecule has 1 aliphatic carbocycles. The van der Waals surface area contributed by atoms with Gasteiger partial charge in [-0.15, -0.1) is 11.3 Å². The van der Waals surface area contributed by atoms with Crippen LogP contribution < -0.4 is 10.9 Å². The number of sulfonamides is 1. The number of nitrogens with one attached hydrogen (secondary N) is 2. The van der Waals surface area contributed by atoms with Gasteiger partial charge in [-0.3, -0.25) is 9.59 Å². The summed E-state index contributed by atoms with van der Waals surface area (Å²) >= 11 is 1.04. The van der Waals surface area contributed by atoms with Gasteiger partial charge in [0.15, 0.2) is 0 Å². The summed E-state index contributed by atoms with van der Waals surface area (Å²) in [7, 11) is -2.38. The van der Waals surface area contributed by atoms with Gasteiger partial charge in [-0.1, -0.05) is 19.3 Å². The largest absolute Gasteiger partial charge is 0.352 e. The lowest BCUT2D eigenvalue weighted by Crippen LogP contribution is -2.43. The van der Waals surface area contributed by atoms with Gasteiger partial charge in [-0.25, -0.2) is 13.5 Å². The van der Waals surface area contributed by atoms with E-state index in [9.17, 15) is 18.0 Å². The molecule has 0 aliphatic heterocycles. The number of thiophene rings is 1. The Bertz CT molecular complexity index is 941. The van der Waals surface area contributed by atoms with Crippen LogP contribution >= 0.6 is 11.3 Å². The van der Waals surface area contributed by atoms with E-state index >= 15 is 0 Å². The van der Waals surface area contributed by atoms with Gasteiger partial charge in [0.1, 0.15) is 9.90 Å². The molecule has 1 aliphatic rings. The Labute approximate surface area is 161 Å². The zero-order chi connectivity index (χ0) is 19.4. The number of rotatable bonds is 6. The van der Waals surface area contributed by atoms with Gasteiger partial charge < -0.3 is 5.32 Å². The van der Waals surface area contributed by atoms with Crippen molar-refractivity contribution in [2.45, 2.75) is 42.4 Å². The van der Waals surface area contributed by atoms with E-state index in [1.54, 1.807) is 6.07 Å². The van der Waals surface area contributed by atoms with Gasteiger partial charge in [0.05, 0.1) is 11.4 Å². The summed E-state index contributed by atoms with van der Waals surface area (Å²) in [4.78, 5) is 23.9. The van der Waals surface area contributed by atoms with E-state index in [-0.39, 0.29) is 28.3 Å². The molecule has 10 heteroatoms. The molecular weight excluding hydrogens is 388 g/mol. The molecule has 2 aromatic rings. The molecule has 0 saturated heterocycles. The van der Waals surface area contributed by atoms with Gasteiger partial charge in [-0.2, -0.15) is 9.40 Å². The van der Waals surface area contributed by atoms with Crippen molar-refractivity contribution in [2.75, 3.05) is 13.6 Å². The van der Waals surface area contributed by atoms with E-state index in [0.717, 1.165) is 41.3 Å². The minimum absolute atomic E-state index is 0.124. The fourth-order valence-electron chi connectivity index (χ4n) is 3.04. The average Bonchev–Trinajstić information content (AvgIpc) is 3.14. The lowest BCUT2D eigenvalue weighted by atomic mass is 9.95. The maximum Gasteiger partial charge on any atom is 0.264 e. The molecule has 0 spiro atoms. The van der Waals surface area contributed by atoms with Gasteiger partial charge in [0, 0.05) is 19.2 Å². The Kier molecular flexibility index (Phi) is 6.08. The summed E-state index contributed by atoms with van der Waals surface area (Å²) in [6.45, 7) is -0.219. The third-order valence-electron chi connectivity index (χ3n) is 4.51. The molecule has 27 heavy (non-hydrogen) atoms. The zero-order valence-corrected chi connectivity index (χ0v) is 16.6. The molecule has 0 atom stereocenters. The van der Waals surface area contributed by atoms with Crippen LogP contribution in [-0.2, 0) is 14.8 Å². The molecule has 1 fully saturated rings. The molecule has 8 nitrogen and oxygen atoms in total. The summed E-state index contributed by atoms with van der Waals surface area (Å²) in [5, 5.41) is 9.15. The minimum atomic E-state index is -3.78. The summed E-state index contributed by atoms with van der Waals surface area (Å²) in [6, 6.07) is 6.12. The number of nitrogens with zero attached hydrogens (tertiary/aromatic N) is 2. The first kappa shape index (κ1) is 19.7. The minimum Gasteiger partial charge on any atom is -0.352 e. The van der Waals surface area contributed by atoms with Crippen molar-refractivity contribution in [2.24, 2.45) is 0 Å². The zero-order valence-electron chi connectivity index (χ0n) is 15.0. The molecule has 2 aromatic heterocycles. The molecule has 2 heterocycles. The molecule has 0 radical (unpaired) electrons. The fourth-order valence-corrected chi connectivity index (χ4v) is 5.65. The van der Waals surface area contributed by atoms with Crippen molar-refractivity contribution < 1.29 is 13.2 Å². The quantitative estimate of drug-likeness (QED) is 0.751. The molecule has 1 amide bonds. The Morgan fingerprint density at radius 2 is 2.00 bits per heavy atom. The van der Waals surface area contributed by atoms with Crippen LogP contribution in [0.25, 0.3) is 10.6 Å². The predicted molar refractivity (Wildman–Crippen MR) is 103 cm³/mol. The second-order valence-corrected chi connectivity index (χ2v) is 9.94. The molecule has 146 valence electrons. The molecule has 0 bridgehead atoms. The number of likely N-dealkylation sites (N-methyl/N-ethyl adjacent to an activating group) is 1. The maximum atomic E-state index is 12.7. The van der Waals surface area contributed by atoms with Crippen LogP contribution in [0, 0.1) is 0 Å². The highest BCUT2D eigenvalue weighted by molar-refractivity contribution is 7.91. The smallest absolute Gasteiger partial charge is 0.264 e. The molecular formula is C17H22N4O4S2. The van der Waals surface area contributed by atoms with Crippen LogP contribution in [0.15, 0.2) is 33.3 Å². The summed E-state index contributed by atoms with van der Waals surface area (Å²) in [5.74, 6) is -0.285. The fraction of sp³-hybridized carbons (Fsp3) is 0.471. The monoisotopic (exact) mass is 410 g/mol. The van der Waals surface area contributed by atoms with Crippen molar-refractivity contribution in [3.05, 3.63) is 34.6 Å². The first-order valence-electron chi connectivity index (χ1n) is 8.78. The van der Waals surface area contributed by atoms with Gasteiger partial charge in [-0.05, 0) is 31.0 Å². The highest BCUT2D eigenvalue weighted by atomic mass is 32.2. The molecule has 0 unspecified atom stereocenters. The number of H-pyrrole nitrogens is 1. The van der Waals surface area contributed by atoms with Crippen molar-refractivity contribution in [1.29, 1.82) is 0 Å². The van der Waals surface area contributed by atoms with Gasteiger partial charge in [0.25, 0.3) is 15.6 Å². The van der Waals surface area contributed by atoms with E-state index in [4.69, 9.17) is 0 Å². The van der Waals surface area contributed by atoms with Crippen LogP contribution in [0.4, 0.5) is 0 Å². The van der Waals surface area contributed by atoms with Gasteiger partial charge in [0.2, 0.25) is 5.91 Å². The average molecular weight is 411 g/mol. The number of aromatic amines is 1. The van der Waals surface area contributed by atoms with Crippen molar-refractivity contribution in [3.8, 4) is 10.6 Å². The molecule has 1 saturated carbocycles. The number of carbonyl (C=O) groups excluding carboxylic acids is 1. The Morgan fingerprint density at radius 1 is 1.26 bits per heavy atom. The van der Waals surface area contributed by atoms with E-state index in [1.165, 1.54) is 31.7 Å². The molecule has 3 rings (SSSR count). The number of amides is 1. The first-order chi connectivity index (χ1) is 12.9. The van der Waals surface area contributed by atoms with Crippen LogP contribution in [0.3, 0.4) is 0 Å². The van der Waals surface area contributed by atoms with Crippen molar-refractivity contribution in [1.82, 2.24) is 19.8 Å². The van der Waals surface area contributed by atoms with E-state index in [0.29, 0.717) is 10.6 Å². The lowest BCUT2D eigenvalue weighted by molar-refractivity contribution is -0.122. The number of hydrogen-bond donors (Lipinski definition) is 2. The topological polar surface area (TPSA) is 112 Å². The number of aromatic nitrogens is 2. The summed E-state index contributed by atoms with van der Waals surface area (Å²) < 4.78 is 26.7. The maximum absolute atomic E-state index is 12.7. The van der Waals surface area contributed by atoms with Crippen LogP contribution in [0.5, 0.6) is 0 Å². The van der Waals surface area contributed by atoms with Crippen LogP contribution in [0.1, 0.15) is 32.1 Å². The van der Waals surface area contributed by atoms with E-state index in [1.807, 2.05) is 0 Å². The normalized spacial score (nSPS) is 15.8. The highest BCUT2D eigenvalue weighted by Gasteiger charge is 2.26. The van der Waals surface area contributed by atoms with Crippen molar-refractivity contribution in [3.63, 3.8) is 0 Å². The SMILES string of the molecule is CN(CC(=O)NC1CCCCC1)S(=O)(=O)c1ccc(-c2ccc(=O)[nH]n2)s1. The number of carbonyl (C=O) groups is 1. The Hall–Kier alpha value is -2.04. The van der Waals surface area contributed by atoms with E-state index < -0.39 is 10.0 Å². The third kappa shape index (κ3) is 4.82. The predicted octanol–water partition coefficient (Wildman–Crippen LogP) is 1.57. The summed E-state index contributed by atoms with van der Waals surface area (Å²) in [5.41, 5.74) is 0.158. The lowest BCUT2D eigenvalue weighted by Gasteiger charge is -2.24. The Morgan fingerprint density at radius 3 is 2.67 bits per heavy atom. The Balaban J connectivity index is 1.67. The second-order valence-electron chi connectivity index (χ2n) is 6.59. The second kappa shape index (κ2) is 8.32. The highest BCUT2D eigenvalue weighted by Crippen LogP contribution is 2.30. The van der Waals surface area contributed by atoms with Crippen LogP contribution in [0.2, 0.25) is 0 Å². The van der Waals surface area contributed by atoms with Crippen molar-refractivity contribution >= 4 is 27.3 Å². The third-order valence-corrected chi connectivity index (χ3v) is 7.89. The first-order valence-corrected chi connectivity index (χ1v) is 11.0. The van der Waals surface area contributed by atoms with Gasteiger partial charge >= 0.3 is 0 Å². The standard InChI is InChI=1S/C17H22N4O4S2/c1-21(11-16(23)18-12-5-3-2-4-6-12)27(24,25)17-10-8-14(26-17)13-7-9-15(22)20-19-13/h7-10,12H,2-6,11H2,1H3,(H,18,23)(H,20,22). The molecule has 0 aromatic carbocycles. The van der Waals surface area contributed by atoms with Crippen LogP contribution in [-0.4, -0.2) is 48.5 Å². The summed E-state index contributed by atoms with van der Waals surface area (Å²) in [6.07, 6.45) is 5.27. The number of hydrogen-bond acceptors (Lipinski definition) is 6.